The lowest BCUT2D eigenvalue weighted by atomic mass is 9.86. The summed E-state index contributed by atoms with van der Waals surface area (Å²) in [5.74, 6) is -2.07. The summed E-state index contributed by atoms with van der Waals surface area (Å²) in [5, 5.41) is 0. The highest BCUT2D eigenvalue weighted by Gasteiger charge is 2.32. The van der Waals surface area contributed by atoms with Gasteiger partial charge in [-0.3, -0.25) is 0 Å². The van der Waals surface area contributed by atoms with Crippen molar-refractivity contribution in [2.75, 3.05) is 0 Å². The van der Waals surface area contributed by atoms with Crippen molar-refractivity contribution in [2.24, 2.45) is 5.92 Å². The molecule has 1 saturated carbocycles. The van der Waals surface area contributed by atoms with Gasteiger partial charge in [-0.05, 0) is 59.0 Å². The molecule has 4 heteroatoms. The Bertz CT molecular complexity index is 809. The minimum Gasteiger partial charge on any atom is -0.204 e. The topological polar surface area (TPSA) is 0 Å². The SMILES string of the molecule is CCCC1CCC([SiH]2CCC(c3ccc(-c4cc(F)c(F)c(F)c4)cc3)CC2)CC1. The zero-order chi connectivity index (χ0) is 21.1. The summed E-state index contributed by atoms with van der Waals surface area (Å²) in [4.78, 5) is 0. The van der Waals surface area contributed by atoms with Crippen LogP contribution in [-0.4, -0.2) is 8.80 Å². The second-order valence-corrected chi connectivity index (χ2v) is 13.2. The first-order valence-electron chi connectivity index (χ1n) is 11.8. The Morgan fingerprint density at radius 1 is 0.800 bits per heavy atom. The Kier molecular flexibility index (Phi) is 7.02. The summed E-state index contributed by atoms with van der Waals surface area (Å²) in [6.07, 6.45) is 11.3. The summed E-state index contributed by atoms with van der Waals surface area (Å²) in [7, 11) is -0.611. The molecule has 0 amide bonds. The van der Waals surface area contributed by atoms with Crippen molar-refractivity contribution in [3.8, 4) is 11.1 Å². The summed E-state index contributed by atoms with van der Waals surface area (Å²) in [6.45, 7) is 2.31. The smallest absolute Gasteiger partial charge is 0.194 e. The minimum atomic E-state index is -1.41. The van der Waals surface area contributed by atoms with Crippen LogP contribution in [0.4, 0.5) is 13.2 Å². The van der Waals surface area contributed by atoms with Crippen LogP contribution in [0.15, 0.2) is 36.4 Å². The fourth-order valence-electron chi connectivity index (χ4n) is 5.95. The first-order valence-corrected chi connectivity index (χ1v) is 14.1. The molecule has 2 aromatic rings. The zero-order valence-corrected chi connectivity index (χ0v) is 19.1. The molecule has 0 aromatic heterocycles. The Morgan fingerprint density at radius 3 is 1.97 bits per heavy atom. The van der Waals surface area contributed by atoms with Crippen LogP contribution in [0.5, 0.6) is 0 Å². The molecule has 2 fully saturated rings. The predicted molar refractivity (Wildman–Crippen MR) is 121 cm³/mol. The molecule has 0 unspecified atom stereocenters. The molecule has 1 aliphatic carbocycles. The van der Waals surface area contributed by atoms with Crippen molar-refractivity contribution >= 4 is 8.80 Å². The van der Waals surface area contributed by atoms with Crippen molar-refractivity contribution in [3.63, 3.8) is 0 Å². The number of benzene rings is 2. The fourth-order valence-corrected chi connectivity index (χ4v) is 10.2. The molecular formula is C26H33F3Si. The van der Waals surface area contributed by atoms with E-state index in [4.69, 9.17) is 0 Å². The van der Waals surface area contributed by atoms with E-state index in [2.05, 4.69) is 19.1 Å². The second kappa shape index (κ2) is 9.72. The van der Waals surface area contributed by atoms with Gasteiger partial charge in [-0.15, -0.1) is 0 Å². The van der Waals surface area contributed by atoms with Crippen molar-refractivity contribution < 1.29 is 13.2 Å². The van der Waals surface area contributed by atoms with E-state index < -0.39 is 26.2 Å². The van der Waals surface area contributed by atoms with Crippen molar-refractivity contribution in [3.05, 3.63) is 59.4 Å². The Labute approximate surface area is 180 Å². The largest absolute Gasteiger partial charge is 0.204 e. The Balaban J connectivity index is 1.33. The van der Waals surface area contributed by atoms with Crippen molar-refractivity contribution in [1.82, 2.24) is 0 Å². The molecule has 0 spiro atoms. The van der Waals surface area contributed by atoms with E-state index in [0.717, 1.165) is 29.2 Å². The molecule has 162 valence electrons. The molecular weight excluding hydrogens is 397 g/mol. The Hall–Kier alpha value is -1.55. The highest BCUT2D eigenvalue weighted by atomic mass is 28.3. The fraction of sp³-hybridized carbons (Fsp3) is 0.538. The molecule has 4 rings (SSSR count). The molecule has 30 heavy (non-hydrogen) atoms. The zero-order valence-electron chi connectivity index (χ0n) is 18.0. The average Bonchev–Trinajstić information content (AvgIpc) is 2.78. The average molecular weight is 431 g/mol. The molecule has 1 heterocycles. The van der Waals surface area contributed by atoms with Gasteiger partial charge >= 0.3 is 0 Å². The molecule has 0 nitrogen and oxygen atoms in total. The first kappa shape index (κ1) is 21.7. The maximum absolute atomic E-state index is 13.5. The van der Waals surface area contributed by atoms with Gasteiger partial charge in [-0.2, -0.15) is 0 Å². The minimum absolute atomic E-state index is 0.382. The summed E-state index contributed by atoms with van der Waals surface area (Å²) < 4.78 is 40.3. The molecule has 1 aliphatic heterocycles. The van der Waals surface area contributed by atoms with E-state index in [0.29, 0.717) is 11.5 Å². The molecule has 0 atom stereocenters. The van der Waals surface area contributed by atoms with Gasteiger partial charge in [0.25, 0.3) is 0 Å². The normalized spacial score (nSPS) is 27.2. The van der Waals surface area contributed by atoms with Crippen LogP contribution in [0.3, 0.4) is 0 Å². The van der Waals surface area contributed by atoms with E-state index in [1.807, 2.05) is 12.1 Å². The molecule has 2 aliphatic rings. The van der Waals surface area contributed by atoms with Crippen LogP contribution in [0, 0.1) is 23.4 Å². The molecule has 0 radical (unpaired) electrons. The van der Waals surface area contributed by atoms with Crippen LogP contribution >= 0.6 is 0 Å². The van der Waals surface area contributed by atoms with E-state index in [-0.39, 0.29) is 0 Å². The van der Waals surface area contributed by atoms with E-state index in [1.165, 1.54) is 69.0 Å². The summed E-state index contributed by atoms with van der Waals surface area (Å²) >= 11 is 0. The van der Waals surface area contributed by atoms with Crippen LogP contribution < -0.4 is 0 Å². The maximum atomic E-state index is 13.5. The number of halogens is 3. The summed E-state index contributed by atoms with van der Waals surface area (Å²) in [5.41, 5.74) is 3.52. The van der Waals surface area contributed by atoms with Gasteiger partial charge in [0.1, 0.15) is 0 Å². The second-order valence-electron chi connectivity index (χ2n) is 9.56. The van der Waals surface area contributed by atoms with E-state index in [9.17, 15) is 13.2 Å². The lowest BCUT2D eigenvalue weighted by Gasteiger charge is -2.37. The van der Waals surface area contributed by atoms with E-state index >= 15 is 0 Å². The van der Waals surface area contributed by atoms with Gasteiger partial charge in [0.05, 0.1) is 0 Å². The third-order valence-corrected chi connectivity index (χ3v) is 11.9. The number of rotatable bonds is 5. The third kappa shape index (κ3) is 4.85. The van der Waals surface area contributed by atoms with Gasteiger partial charge in [0.15, 0.2) is 17.5 Å². The molecule has 0 N–H and O–H groups in total. The van der Waals surface area contributed by atoms with Gasteiger partial charge in [0.2, 0.25) is 0 Å². The van der Waals surface area contributed by atoms with E-state index in [1.54, 1.807) is 0 Å². The number of hydrogen-bond acceptors (Lipinski definition) is 0. The molecule has 1 saturated heterocycles. The van der Waals surface area contributed by atoms with Crippen LogP contribution in [0.25, 0.3) is 11.1 Å². The Morgan fingerprint density at radius 2 is 1.40 bits per heavy atom. The highest BCUT2D eigenvalue weighted by Crippen LogP contribution is 2.44. The standard InChI is InChI=1S/C26H33F3Si/c1-2-3-18-4-10-23(11-5-18)30-14-12-21(13-15-30)19-6-8-20(9-7-19)22-16-24(27)26(29)25(28)17-22/h6-9,16-18,21,23,30H,2-5,10-15H2,1H3. The van der Waals surface area contributed by atoms with Gasteiger partial charge in [-0.25, -0.2) is 13.2 Å². The van der Waals surface area contributed by atoms with Crippen LogP contribution in [0.2, 0.25) is 17.6 Å². The van der Waals surface area contributed by atoms with Crippen LogP contribution in [-0.2, 0) is 0 Å². The van der Waals surface area contributed by atoms with Gasteiger partial charge in [0, 0.05) is 8.80 Å². The third-order valence-electron chi connectivity index (χ3n) is 7.73. The highest BCUT2D eigenvalue weighted by molar-refractivity contribution is 6.60. The number of hydrogen-bond donors (Lipinski definition) is 0. The maximum Gasteiger partial charge on any atom is 0.194 e. The lowest BCUT2D eigenvalue weighted by Crippen LogP contribution is -2.29. The van der Waals surface area contributed by atoms with Gasteiger partial charge < -0.3 is 0 Å². The van der Waals surface area contributed by atoms with Crippen molar-refractivity contribution in [1.29, 1.82) is 0 Å². The predicted octanol–water partition coefficient (Wildman–Crippen LogP) is 8.24. The van der Waals surface area contributed by atoms with Gasteiger partial charge in [-0.1, -0.05) is 81.8 Å². The van der Waals surface area contributed by atoms with Crippen LogP contribution in [0.1, 0.15) is 69.8 Å². The first-order chi connectivity index (χ1) is 14.5. The summed E-state index contributed by atoms with van der Waals surface area (Å²) in [6, 6.07) is 13.1. The molecule has 0 bridgehead atoms. The van der Waals surface area contributed by atoms with Crippen molar-refractivity contribution in [2.45, 2.75) is 81.8 Å². The molecule has 2 aromatic carbocycles. The monoisotopic (exact) mass is 430 g/mol. The lowest BCUT2D eigenvalue weighted by molar-refractivity contribution is 0.332. The quantitative estimate of drug-likeness (QED) is 0.331.